The molecule has 0 N–H and O–H groups in total. The van der Waals surface area contributed by atoms with Crippen molar-refractivity contribution in [3.63, 3.8) is 0 Å². The minimum Gasteiger partial charge on any atom is -0.303 e. The van der Waals surface area contributed by atoms with Gasteiger partial charge in [0, 0.05) is 17.4 Å². The maximum absolute atomic E-state index is 12.6. The molecule has 1 fully saturated rings. The van der Waals surface area contributed by atoms with Crippen molar-refractivity contribution in [3.8, 4) is 0 Å². The second kappa shape index (κ2) is 5.28. The van der Waals surface area contributed by atoms with Gasteiger partial charge in [0.1, 0.15) is 6.29 Å². The Morgan fingerprint density at radius 3 is 2.32 bits per heavy atom. The molecule has 2 nitrogen and oxygen atoms in total. The van der Waals surface area contributed by atoms with Crippen LogP contribution < -0.4 is 0 Å². The van der Waals surface area contributed by atoms with E-state index in [0.717, 1.165) is 24.7 Å². The number of hydrogen-bond donors (Lipinski definition) is 0. The Balaban J connectivity index is 2.29. The number of benzene rings is 1. The van der Waals surface area contributed by atoms with Gasteiger partial charge in [-0.3, -0.25) is 4.79 Å². The third-order valence-corrected chi connectivity index (χ3v) is 4.28. The molecule has 0 aliphatic heterocycles. The lowest BCUT2D eigenvalue weighted by molar-refractivity contribution is -0.113. The third-order valence-electron chi connectivity index (χ3n) is 4.28. The smallest absolute Gasteiger partial charge is 0.166 e. The maximum Gasteiger partial charge on any atom is 0.166 e. The minimum absolute atomic E-state index is 0.0161. The Hall–Kier alpha value is -1.44. The topological polar surface area (TPSA) is 34.1 Å². The first-order valence-electron chi connectivity index (χ1n) is 6.99. The molecule has 0 bridgehead atoms. The normalized spacial score (nSPS) is 27.2. The van der Waals surface area contributed by atoms with Crippen LogP contribution in [0.1, 0.15) is 44.0 Å². The van der Waals surface area contributed by atoms with Gasteiger partial charge >= 0.3 is 0 Å². The van der Waals surface area contributed by atoms with Crippen molar-refractivity contribution in [1.82, 2.24) is 0 Å². The number of rotatable bonds is 3. The number of aldehydes is 1. The fraction of sp³-hybridized carbons (Fsp3) is 0.529. The third kappa shape index (κ3) is 2.78. The van der Waals surface area contributed by atoms with Crippen LogP contribution in [0.3, 0.4) is 0 Å². The summed E-state index contributed by atoms with van der Waals surface area (Å²) >= 11 is 0. The number of ketones is 1. The molecule has 0 saturated heterocycles. The van der Waals surface area contributed by atoms with Crippen molar-refractivity contribution in [3.05, 3.63) is 35.9 Å². The van der Waals surface area contributed by atoms with Gasteiger partial charge in [-0.25, -0.2) is 0 Å². The number of hydrogen-bond acceptors (Lipinski definition) is 2. The molecule has 1 aromatic rings. The zero-order chi connectivity index (χ0) is 14.0. The summed E-state index contributed by atoms with van der Waals surface area (Å²) in [5.74, 6) is 0.359. The van der Waals surface area contributed by atoms with E-state index in [-0.39, 0.29) is 29.0 Å². The first-order chi connectivity index (χ1) is 8.95. The summed E-state index contributed by atoms with van der Waals surface area (Å²) in [5, 5.41) is 0. The van der Waals surface area contributed by atoms with Gasteiger partial charge in [0.15, 0.2) is 5.78 Å². The molecule has 1 aromatic carbocycles. The van der Waals surface area contributed by atoms with Crippen LogP contribution in [0.15, 0.2) is 30.3 Å². The maximum atomic E-state index is 12.6. The molecule has 19 heavy (non-hydrogen) atoms. The van der Waals surface area contributed by atoms with E-state index in [0.29, 0.717) is 0 Å². The highest BCUT2D eigenvalue weighted by atomic mass is 16.1. The van der Waals surface area contributed by atoms with E-state index in [1.54, 1.807) is 0 Å². The molecule has 0 aromatic heterocycles. The standard InChI is InChI=1S/C17H22O2/c1-17(2,3)15-13(11-18)9-10-14(15)16(19)12-7-5-4-6-8-12/h4-8,11,13-15H,9-10H2,1-3H3/t13-,14+,15+/m0/s1. The number of carbonyl (C=O) groups is 2. The summed E-state index contributed by atoms with van der Waals surface area (Å²) in [4.78, 5) is 23.9. The van der Waals surface area contributed by atoms with Crippen molar-refractivity contribution in [2.24, 2.45) is 23.2 Å². The molecule has 2 heteroatoms. The van der Waals surface area contributed by atoms with Gasteiger partial charge < -0.3 is 4.79 Å². The largest absolute Gasteiger partial charge is 0.303 e. The predicted octanol–water partition coefficient (Wildman–Crippen LogP) is 3.76. The van der Waals surface area contributed by atoms with Crippen molar-refractivity contribution in [1.29, 1.82) is 0 Å². The van der Waals surface area contributed by atoms with Gasteiger partial charge in [-0.2, -0.15) is 0 Å². The molecule has 1 aliphatic carbocycles. The summed E-state index contributed by atoms with van der Waals surface area (Å²) in [5.41, 5.74) is 0.755. The zero-order valence-electron chi connectivity index (χ0n) is 11.9. The molecule has 1 saturated carbocycles. The van der Waals surface area contributed by atoms with Gasteiger partial charge in [0.05, 0.1) is 0 Å². The Bertz CT molecular complexity index is 456. The highest BCUT2D eigenvalue weighted by molar-refractivity contribution is 5.98. The minimum atomic E-state index is -0.0167. The Morgan fingerprint density at radius 2 is 1.79 bits per heavy atom. The molecule has 102 valence electrons. The Morgan fingerprint density at radius 1 is 1.16 bits per heavy atom. The van der Waals surface area contributed by atoms with Crippen LogP contribution in [0.25, 0.3) is 0 Å². The van der Waals surface area contributed by atoms with Crippen molar-refractivity contribution in [2.45, 2.75) is 33.6 Å². The Labute approximate surface area is 115 Å². The molecule has 2 rings (SSSR count). The van der Waals surface area contributed by atoms with E-state index in [4.69, 9.17) is 0 Å². The highest BCUT2D eigenvalue weighted by Gasteiger charge is 2.45. The van der Waals surface area contributed by atoms with E-state index in [9.17, 15) is 9.59 Å². The van der Waals surface area contributed by atoms with Gasteiger partial charge in [-0.05, 0) is 24.2 Å². The van der Waals surface area contributed by atoms with Crippen LogP contribution in [0, 0.1) is 23.2 Å². The summed E-state index contributed by atoms with van der Waals surface area (Å²) in [6.45, 7) is 6.39. The first kappa shape index (κ1) is 14.0. The van der Waals surface area contributed by atoms with E-state index in [1.807, 2.05) is 30.3 Å². The van der Waals surface area contributed by atoms with E-state index in [2.05, 4.69) is 20.8 Å². The SMILES string of the molecule is CC(C)(C)[C@@H]1[C@H](C=O)CC[C@H]1C(=O)c1ccccc1. The highest BCUT2D eigenvalue weighted by Crippen LogP contribution is 2.47. The molecule has 0 radical (unpaired) electrons. The summed E-state index contributed by atoms with van der Waals surface area (Å²) in [6.07, 6.45) is 2.72. The lowest BCUT2D eigenvalue weighted by Gasteiger charge is -2.34. The summed E-state index contributed by atoms with van der Waals surface area (Å²) in [7, 11) is 0. The zero-order valence-corrected chi connectivity index (χ0v) is 11.9. The molecule has 0 amide bonds. The van der Waals surface area contributed by atoms with Crippen LogP contribution in [0.5, 0.6) is 0 Å². The fourth-order valence-electron chi connectivity index (χ4n) is 3.54. The van der Waals surface area contributed by atoms with E-state index in [1.165, 1.54) is 0 Å². The van der Waals surface area contributed by atoms with Gasteiger partial charge in [-0.1, -0.05) is 51.1 Å². The van der Waals surface area contributed by atoms with Crippen molar-refractivity contribution in [2.75, 3.05) is 0 Å². The molecule has 0 spiro atoms. The van der Waals surface area contributed by atoms with Gasteiger partial charge in [0.25, 0.3) is 0 Å². The van der Waals surface area contributed by atoms with Crippen LogP contribution in [-0.4, -0.2) is 12.1 Å². The monoisotopic (exact) mass is 258 g/mol. The average Bonchev–Trinajstić information content (AvgIpc) is 2.82. The van der Waals surface area contributed by atoms with Gasteiger partial charge in [-0.15, -0.1) is 0 Å². The van der Waals surface area contributed by atoms with E-state index < -0.39 is 0 Å². The first-order valence-corrected chi connectivity index (χ1v) is 6.99. The lowest BCUT2D eigenvalue weighted by Crippen LogP contribution is -2.33. The summed E-state index contributed by atoms with van der Waals surface area (Å²) in [6, 6.07) is 9.45. The van der Waals surface area contributed by atoms with E-state index >= 15 is 0 Å². The number of carbonyl (C=O) groups excluding carboxylic acids is 2. The van der Waals surface area contributed by atoms with Crippen molar-refractivity contribution >= 4 is 12.1 Å². The van der Waals surface area contributed by atoms with Crippen LogP contribution in [-0.2, 0) is 4.79 Å². The predicted molar refractivity (Wildman–Crippen MR) is 76.0 cm³/mol. The fourth-order valence-corrected chi connectivity index (χ4v) is 3.54. The van der Waals surface area contributed by atoms with Crippen LogP contribution in [0.2, 0.25) is 0 Å². The molecule has 3 atom stereocenters. The molecule has 0 heterocycles. The quantitative estimate of drug-likeness (QED) is 0.611. The molecular weight excluding hydrogens is 236 g/mol. The number of Topliss-reactive ketones (excluding diaryl/α,β-unsaturated/α-hetero) is 1. The van der Waals surface area contributed by atoms with Crippen LogP contribution in [0.4, 0.5) is 0 Å². The lowest BCUT2D eigenvalue weighted by atomic mass is 9.69. The average molecular weight is 258 g/mol. The second-order valence-corrected chi connectivity index (χ2v) is 6.61. The van der Waals surface area contributed by atoms with Crippen molar-refractivity contribution < 1.29 is 9.59 Å². The molecule has 0 unspecified atom stereocenters. The Kier molecular flexibility index (Phi) is 3.88. The second-order valence-electron chi connectivity index (χ2n) is 6.61. The van der Waals surface area contributed by atoms with Crippen LogP contribution >= 0.6 is 0 Å². The summed E-state index contributed by atoms with van der Waals surface area (Å²) < 4.78 is 0. The van der Waals surface area contributed by atoms with Gasteiger partial charge in [0.2, 0.25) is 0 Å². The molecule has 1 aliphatic rings. The molecular formula is C17H22O2.